The Bertz CT molecular complexity index is 402. The molecule has 0 aromatic heterocycles. The molecule has 0 atom stereocenters. The van der Waals surface area contributed by atoms with Crippen molar-refractivity contribution in [2.75, 3.05) is 26.4 Å². The Morgan fingerprint density at radius 2 is 1.25 bits per heavy atom. The second-order valence-electron chi connectivity index (χ2n) is 3.63. The molecule has 0 aliphatic carbocycles. The van der Waals surface area contributed by atoms with Crippen molar-refractivity contribution >= 4 is 11.9 Å². The van der Waals surface area contributed by atoms with Crippen LogP contribution < -0.4 is 9.47 Å². The summed E-state index contributed by atoms with van der Waals surface area (Å²) in [6.45, 7) is 3.59. The van der Waals surface area contributed by atoms with Crippen LogP contribution in [0.4, 0.5) is 0 Å². The molecule has 0 unspecified atom stereocenters. The minimum absolute atomic E-state index is 0.215. The number of rotatable bonds is 8. The number of hydrogen-bond donors (Lipinski definition) is 0. The normalized spacial score (nSPS) is 9.70. The third-order valence-electron chi connectivity index (χ3n) is 2.15. The van der Waals surface area contributed by atoms with E-state index in [1.165, 1.54) is 0 Å². The van der Waals surface area contributed by atoms with Crippen molar-refractivity contribution in [3.05, 3.63) is 24.3 Å². The number of benzene rings is 1. The molecule has 0 amide bonds. The molecule has 0 fully saturated rings. The average Bonchev–Trinajstić information content (AvgIpc) is 2.44. The smallest absolute Gasteiger partial charge is 0.344 e. The predicted octanol–water partition coefficient (Wildman–Crippen LogP) is 1.57. The molecule has 6 nitrogen and oxygen atoms in total. The highest BCUT2D eigenvalue weighted by atomic mass is 16.6. The van der Waals surface area contributed by atoms with E-state index in [0.717, 1.165) is 0 Å². The van der Waals surface area contributed by atoms with E-state index in [-0.39, 0.29) is 13.2 Å². The van der Waals surface area contributed by atoms with Gasteiger partial charge in [0.25, 0.3) is 0 Å². The molecule has 0 spiro atoms. The average molecular weight is 282 g/mol. The third kappa shape index (κ3) is 5.60. The van der Waals surface area contributed by atoms with Crippen LogP contribution in [0.15, 0.2) is 24.3 Å². The van der Waals surface area contributed by atoms with E-state index < -0.39 is 11.9 Å². The molecule has 0 saturated heterocycles. The minimum atomic E-state index is -0.465. The maximum atomic E-state index is 11.2. The van der Waals surface area contributed by atoms with Crippen LogP contribution in [0.25, 0.3) is 0 Å². The van der Waals surface area contributed by atoms with E-state index in [1.807, 2.05) is 0 Å². The van der Waals surface area contributed by atoms with Crippen LogP contribution in [0.2, 0.25) is 0 Å². The number of esters is 2. The number of para-hydroxylation sites is 2. The lowest BCUT2D eigenvalue weighted by Gasteiger charge is -2.11. The van der Waals surface area contributed by atoms with Gasteiger partial charge in [0.2, 0.25) is 0 Å². The van der Waals surface area contributed by atoms with E-state index in [9.17, 15) is 9.59 Å². The van der Waals surface area contributed by atoms with E-state index in [4.69, 9.17) is 18.9 Å². The van der Waals surface area contributed by atoms with Crippen LogP contribution in [-0.2, 0) is 19.1 Å². The summed E-state index contributed by atoms with van der Waals surface area (Å²) in [6, 6.07) is 6.74. The fourth-order valence-electron chi connectivity index (χ4n) is 1.37. The van der Waals surface area contributed by atoms with Crippen LogP contribution in [0, 0.1) is 0 Å². The van der Waals surface area contributed by atoms with Crippen molar-refractivity contribution in [3.8, 4) is 11.5 Å². The van der Waals surface area contributed by atoms with E-state index in [1.54, 1.807) is 38.1 Å². The zero-order valence-electron chi connectivity index (χ0n) is 11.6. The molecular formula is C14H18O6. The van der Waals surface area contributed by atoms with Crippen molar-refractivity contribution < 1.29 is 28.5 Å². The standard InChI is InChI=1S/C14H18O6/c1-3-17-13(15)9-19-11-7-5-6-8-12(11)20-10-14(16)18-4-2/h5-8H,3-4,9-10H2,1-2H3. The van der Waals surface area contributed by atoms with Crippen LogP contribution in [-0.4, -0.2) is 38.4 Å². The molecule has 110 valence electrons. The van der Waals surface area contributed by atoms with Gasteiger partial charge in [-0.25, -0.2) is 9.59 Å². The fourth-order valence-corrected chi connectivity index (χ4v) is 1.37. The second-order valence-corrected chi connectivity index (χ2v) is 3.63. The van der Waals surface area contributed by atoms with Gasteiger partial charge in [0.05, 0.1) is 13.2 Å². The Morgan fingerprint density at radius 3 is 1.60 bits per heavy atom. The molecule has 0 bridgehead atoms. The maximum Gasteiger partial charge on any atom is 0.344 e. The SMILES string of the molecule is CCOC(=O)COc1ccccc1OCC(=O)OCC. The highest BCUT2D eigenvalue weighted by Gasteiger charge is 2.10. The van der Waals surface area contributed by atoms with E-state index in [0.29, 0.717) is 24.7 Å². The molecule has 0 radical (unpaired) electrons. The molecule has 0 aliphatic heterocycles. The summed E-state index contributed by atoms with van der Waals surface area (Å²) in [7, 11) is 0. The number of hydrogen-bond acceptors (Lipinski definition) is 6. The lowest BCUT2D eigenvalue weighted by atomic mass is 10.3. The van der Waals surface area contributed by atoms with Crippen molar-refractivity contribution in [2.45, 2.75) is 13.8 Å². The van der Waals surface area contributed by atoms with Gasteiger partial charge in [-0.05, 0) is 26.0 Å². The summed E-state index contributed by atoms with van der Waals surface area (Å²) >= 11 is 0. The van der Waals surface area contributed by atoms with Gasteiger partial charge in [-0.3, -0.25) is 0 Å². The summed E-state index contributed by atoms with van der Waals surface area (Å²) in [4.78, 5) is 22.4. The molecular weight excluding hydrogens is 264 g/mol. The monoisotopic (exact) mass is 282 g/mol. The van der Waals surface area contributed by atoms with Crippen LogP contribution >= 0.6 is 0 Å². The van der Waals surface area contributed by atoms with Crippen LogP contribution in [0.1, 0.15) is 13.8 Å². The summed E-state index contributed by atoms with van der Waals surface area (Å²) < 4.78 is 20.1. The van der Waals surface area contributed by atoms with Gasteiger partial charge in [-0.1, -0.05) is 12.1 Å². The zero-order valence-corrected chi connectivity index (χ0v) is 11.6. The molecule has 0 N–H and O–H groups in total. The Morgan fingerprint density at radius 1 is 0.850 bits per heavy atom. The summed E-state index contributed by atoms with van der Waals surface area (Å²) in [5.74, 6) is -0.199. The van der Waals surface area contributed by atoms with Crippen molar-refractivity contribution in [1.29, 1.82) is 0 Å². The summed E-state index contributed by atoms with van der Waals surface area (Å²) in [5, 5.41) is 0. The molecule has 0 aliphatic rings. The molecule has 0 heterocycles. The largest absolute Gasteiger partial charge is 0.478 e. The van der Waals surface area contributed by atoms with Gasteiger partial charge in [0, 0.05) is 0 Å². The first-order valence-corrected chi connectivity index (χ1v) is 6.33. The highest BCUT2D eigenvalue weighted by molar-refractivity contribution is 5.72. The van der Waals surface area contributed by atoms with E-state index >= 15 is 0 Å². The van der Waals surface area contributed by atoms with Gasteiger partial charge < -0.3 is 18.9 Å². The number of carbonyl (C=O) groups excluding carboxylic acids is 2. The third-order valence-corrected chi connectivity index (χ3v) is 2.15. The lowest BCUT2D eigenvalue weighted by Crippen LogP contribution is -2.17. The topological polar surface area (TPSA) is 71.1 Å². The van der Waals surface area contributed by atoms with Crippen molar-refractivity contribution in [3.63, 3.8) is 0 Å². The predicted molar refractivity (Wildman–Crippen MR) is 70.7 cm³/mol. The Labute approximate surface area is 117 Å². The first-order chi connectivity index (χ1) is 9.67. The van der Waals surface area contributed by atoms with Gasteiger partial charge in [0.1, 0.15) is 0 Å². The Balaban J connectivity index is 2.54. The van der Waals surface area contributed by atoms with Gasteiger partial charge in [0.15, 0.2) is 24.7 Å². The zero-order chi connectivity index (χ0) is 14.8. The van der Waals surface area contributed by atoms with Crippen LogP contribution in [0.3, 0.4) is 0 Å². The Kier molecular flexibility index (Phi) is 6.95. The molecule has 0 saturated carbocycles. The molecule has 1 rings (SSSR count). The van der Waals surface area contributed by atoms with Crippen LogP contribution in [0.5, 0.6) is 11.5 Å². The lowest BCUT2D eigenvalue weighted by molar-refractivity contribution is -0.146. The highest BCUT2D eigenvalue weighted by Crippen LogP contribution is 2.26. The van der Waals surface area contributed by atoms with Crippen molar-refractivity contribution in [1.82, 2.24) is 0 Å². The van der Waals surface area contributed by atoms with Gasteiger partial charge >= 0.3 is 11.9 Å². The Hall–Kier alpha value is -2.24. The van der Waals surface area contributed by atoms with Crippen molar-refractivity contribution in [2.24, 2.45) is 0 Å². The van der Waals surface area contributed by atoms with E-state index in [2.05, 4.69) is 0 Å². The maximum absolute atomic E-state index is 11.2. The number of carbonyl (C=O) groups is 2. The summed E-state index contributed by atoms with van der Waals surface area (Å²) in [6.07, 6.45) is 0. The first-order valence-electron chi connectivity index (χ1n) is 6.33. The fraction of sp³-hybridized carbons (Fsp3) is 0.429. The molecule has 1 aromatic carbocycles. The summed E-state index contributed by atoms with van der Waals surface area (Å²) in [5.41, 5.74) is 0. The molecule has 20 heavy (non-hydrogen) atoms. The molecule has 1 aromatic rings. The minimum Gasteiger partial charge on any atom is -0.478 e. The number of ether oxygens (including phenoxy) is 4. The quantitative estimate of drug-likeness (QED) is 0.674. The van der Waals surface area contributed by atoms with Gasteiger partial charge in [-0.15, -0.1) is 0 Å². The first kappa shape index (κ1) is 15.8. The molecule has 6 heteroatoms. The van der Waals surface area contributed by atoms with Gasteiger partial charge in [-0.2, -0.15) is 0 Å². The second kappa shape index (κ2) is 8.79.